The molecule has 1 N–H and O–H groups in total. The summed E-state index contributed by atoms with van der Waals surface area (Å²) in [6, 6.07) is 17.0. The van der Waals surface area contributed by atoms with Crippen LogP contribution in [0.4, 0.5) is 0 Å². The number of para-hydroxylation sites is 1. The highest BCUT2D eigenvalue weighted by molar-refractivity contribution is 5.81. The zero-order valence-electron chi connectivity index (χ0n) is 16.8. The van der Waals surface area contributed by atoms with E-state index >= 15 is 0 Å². The summed E-state index contributed by atoms with van der Waals surface area (Å²) in [6.07, 6.45) is 0.271. The van der Waals surface area contributed by atoms with E-state index in [0.717, 1.165) is 22.2 Å². The Morgan fingerprint density at radius 3 is 2.39 bits per heavy atom. The first-order valence-electron chi connectivity index (χ1n) is 9.32. The number of benzene rings is 2. The zero-order valence-corrected chi connectivity index (χ0v) is 16.8. The predicted molar refractivity (Wildman–Crippen MR) is 112 cm³/mol. The van der Waals surface area contributed by atoms with E-state index in [1.165, 1.54) is 0 Å². The van der Waals surface area contributed by atoms with Gasteiger partial charge >= 0.3 is 0 Å². The zero-order chi connectivity index (χ0) is 20.3. The Labute approximate surface area is 165 Å². The summed E-state index contributed by atoms with van der Waals surface area (Å²) in [6.45, 7) is 6.20. The lowest BCUT2D eigenvalue weighted by atomic mass is 10.0. The first kappa shape index (κ1) is 19.7. The molecule has 1 heterocycles. The van der Waals surface area contributed by atoms with Crippen LogP contribution >= 0.6 is 0 Å². The lowest BCUT2D eigenvalue weighted by molar-refractivity contribution is -0.136. The molecule has 0 bridgehead atoms. The Balaban J connectivity index is 1.87. The van der Waals surface area contributed by atoms with Crippen molar-refractivity contribution in [3.05, 3.63) is 76.1 Å². The van der Waals surface area contributed by atoms with Crippen LogP contribution in [0.5, 0.6) is 5.75 Å². The van der Waals surface area contributed by atoms with Gasteiger partial charge in [-0.1, -0.05) is 30.3 Å². The van der Waals surface area contributed by atoms with Crippen molar-refractivity contribution in [3.8, 4) is 5.75 Å². The van der Waals surface area contributed by atoms with Crippen molar-refractivity contribution in [1.29, 1.82) is 0 Å². The number of hydrogen-bond donors (Lipinski definition) is 1. The Morgan fingerprint density at radius 2 is 1.75 bits per heavy atom. The fourth-order valence-electron chi connectivity index (χ4n) is 3.19. The van der Waals surface area contributed by atoms with Crippen LogP contribution in [0.25, 0.3) is 10.9 Å². The van der Waals surface area contributed by atoms with E-state index in [2.05, 4.69) is 4.98 Å². The number of fused-ring (bicyclic) bond motifs is 1. The highest BCUT2D eigenvalue weighted by Gasteiger charge is 2.27. The predicted octanol–water partition coefficient (Wildman–Crippen LogP) is 3.91. The van der Waals surface area contributed by atoms with E-state index in [-0.39, 0.29) is 24.4 Å². The minimum Gasteiger partial charge on any atom is -0.497 e. The van der Waals surface area contributed by atoms with Gasteiger partial charge in [-0.25, -0.2) is 0 Å². The van der Waals surface area contributed by atoms with Gasteiger partial charge in [0.1, 0.15) is 5.75 Å². The van der Waals surface area contributed by atoms with Gasteiger partial charge in [-0.2, -0.15) is 0 Å². The largest absolute Gasteiger partial charge is 0.497 e. The number of carbonyl (C=O) groups excluding carboxylic acids is 1. The number of carbonyl (C=O) groups is 1. The lowest BCUT2D eigenvalue weighted by Crippen LogP contribution is -2.46. The molecule has 0 unspecified atom stereocenters. The number of H-pyrrole nitrogens is 1. The summed E-state index contributed by atoms with van der Waals surface area (Å²) in [7, 11) is 1.61. The first-order chi connectivity index (χ1) is 13.3. The molecule has 0 aliphatic rings. The number of nitrogens with zero attached hydrogens (tertiary/aromatic N) is 1. The van der Waals surface area contributed by atoms with Crippen LogP contribution < -0.4 is 10.3 Å². The summed E-state index contributed by atoms with van der Waals surface area (Å²) in [5.74, 6) is 0.733. The van der Waals surface area contributed by atoms with Gasteiger partial charge in [-0.05, 0) is 56.0 Å². The van der Waals surface area contributed by atoms with Crippen LogP contribution in [-0.2, 0) is 17.8 Å². The number of methoxy groups -OCH3 is 1. The summed E-state index contributed by atoms with van der Waals surface area (Å²) >= 11 is 0. The summed E-state index contributed by atoms with van der Waals surface area (Å²) in [4.78, 5) is 30.3. The number of amides is 1. The molecule has 146 valence electrons. The van der Waals surface area contributed by atoms with Crippen molar-refractivity contribution in [2.75, 3.05) is 7.11 Å². The van der Waals surface area contributed by atoms with Gasteiger partial charge in [0.25, 0.3) is 5.56 Å². The van der Waals surface area contributed by atoms with Crippen molar-refractivity contribution in [3.63, 3.8) is 0 Å². The Hall–Kier alpha value is -3.08. The quantitative estimate of drug-likeness (QED) is 0.732. The van der Waals surface area contributed by atoms with Gasteiger partial charge in [-0.15, -0.1) is 0 Å². The van der Waals surface area contributed by atoms with Crippen molar-refractivity contribution < 1.29 is 9.53 Å². The van der Waals surface area contributed by atoms with E-state index in [4.69, 9.17) is 4.74 Å². The van der Waals surface area contributed by atoms with Crippen molar-refractivity contribution in [2.45, 2.75) is 39.3 Å². The van der Waals surface area contributed by atoms with E-state index in [9.17, 15) is 9.59 Å². The molecule has 2 aromatic carbocycles. The van der Waals surface area contributed by atoms with Gasteiger partial charge in [0, 0.05) is 16.6 Å². The number of aromatic amines is 1. The second-order valence-corrected chi connectivity index (χ2v) is 7.89. The number of pyridine rings is 1. The molecule has 1 aromatic heterocycles. The summed E-state index contributed by atoms with van der Waals surface area (Å²) < 4.78 is 5.17. The van der Waals surface area contributed by atoms with Crippen LogP contribution in [-0.4, -0.2) is 28.4 Å². The Bertz CT molecular complexity index is 1030. The molecule has 3 rings (SSSR count). The Kier molecular flexibility index (Phi) is 5.54. The molecule has 5 nitrogen and oxygen atoms in total. The molecule has 0 aliphatic heterocycles. The fourth-order valence-corrected chi connectivity index (χ4v) is 3.19. The van der Waals surface area contributed by atoms with Crippen LogP contribution in [0.1, 0.15) is 31.9 Å². The smallest absolute Gasteiger partial charge is 0.253 e. The molecule has 3 aromatic rings. The number of rotatable bonds is 5. The number of ether oxygens (including phenoxy) is 1. The molecule has 28 heavy (non-hydrogen) atoms. The topological polar surface area (TPSA) is 62.4 Å². The normalized spacial score (nSPS) is 11.4. The van der Waals surface area contributed by atoms with Gasteiger partial charge in [0.05, 0.1) is 20.1 Å². The SMILES string of the molecule is COc1ccc(CC(=O)N(Cc2cc3ccccc3[nH]c2=O)C(C)(C)C)cc1. The minimum absolute atomic E-state index is 0.0229. The maximum Gasteiger partial charge on any atom is 0.253 e. The fraction of sp³-hybridized carbons (Fsp3) is 0.304. The second-order valence-electron chi connectivity index (χ2n) is 7.89. The number of hydrogen-bond acceptors (Lipinski definition) is 3. The van der Waals surface area contributed by atoms with E-state index in [1.807, 2.05) is 75.4 Å². The monoisotopic (exact) mass is 378 g/mol. The van der Waals surface area contributed by atoms with Gasteiger partial charge < -0.3 is 14.6 Å². The molecule has 0 saturated carbocycles. The third kappa shape index (κ3) is 4.42. The van der Waals surface area contributed by atoms with E-state index < -0.39 is 5.54 Å². The van der Waals surface area contributed by atoms with Crippen molar-refractivity contribution >= 4 is 16.8 Å². The highest BCUT2D eigenvalue weighted by atomic mass is 16.5. The second kappa shape index (κ2) is 7.89. The van der Waals surface area contributed by atoms with Crippen LogP contribution in [0.15, 0.2) is 59.4 Å². The third-order valence-corrected chi connectivity index (χ3v) is 4.78. The molecule has 5 heteroatoms. The molecule has 0 radical (unpaired) electrons. The van der Waals surface area contributed by atoms with Crippen molar-refractivity contribution in [1.82, 2.24) is 9.88 Å². The third-order valence-electron chi connectivity index (χ3n) is 4.78. The average Bonchev–Trinajstić information content (AvgIpc) is 2.65. The average molecular weight is 378 g/mol. The van der Waals surface area contributed by atoms with E-state index in [1.54, 1.807) is 12.0 Å². The molecule has 0 fully saturated rings. The molecule has 0 atom stereocenters. The van der Waals surface area contributed by atoms with Gasteiger partial charge in [0.15, 0.2) is 0 Å². The van der Waals surface area contributed by atoms with E-state index in [0.29, 0.717) is 5.56 Å². The molecule has 0 aliphatic carbocycles. The molecule has 1 amide bonds. The molecule has 0 spiro atoms. The van der Waals surface area contributed by atoms with Crippen LogP contribution in [0, 0.1) is 0 Å². The minimum atomic E-state index is -0.415. The lowest BCUT2D eigenvalue weighted by Gasteiger charge is -2.36. The standard InChI is InChI=1S/C23H26N2O3/c1-23(2,3)25(21(26)13-16-9-11-19(28-4)12-10-16)15-18-14-17-7-5-6-8-20(17)24-22(18)27/h5-12,14H,13,15H2,1-4H3,(H,24,27). The Morgan fingerprint density at radius 1 is 1.07 bits per heavy atom. The van der Waals surface area contributed by atoms with Crippen molar-refractivity contribution in [2.24, 2.45) is 0 Å². The number of aromatic nitrogens is 1. The number of nitrogens with one attached hydrogen (secondary N) is 1. The molecular weight excluding hydrogens is 352 g/mol. The maximum absolute atomic E-state index is 13.1. The maximum atomic E-state index is 13.1. The van der Waals surface area contributed by atoms with Gasteiger partial charge in [-0.3, -0.25) is 9.59 Å². The van der Waals surface area contributed by atoms with Crippen LogP contribution in [0.3, 0.4) is 0 Å². The summed E-state index contributed by atoms with van der Waals surface area (Å²) in [5.41, 5.74) is 1.71. The van der Waals surface area contributed by atoms with Crippen LogP contribution in [0.2, 0.25) is 0 Å². The van der Waals surface area contributed by atoms with Gasteiger partial charge in [0.2, 0.25) is 5.91 Å². The molecule has 0 saturated heterocycles. The first-order valence-corrected chi connectivity index (χ1v) is 9.32. The highest BCUT2D eigenvalue weighted by Crippen LogP contribution is 2.20. The summed E-state index contributed by atoms with van der Waals surface area (Å²) in [5, 5.41) is 0.952. The molecular formula is C23H26N2O3.